The Kier molecular flexibility index (Phi) is 5.84. The molecule has 0 aromatic rings. The lowest BCUT2D eigenvalue weighted by molar-refractivity contribution is -0.135. The number of esters is 1. The first kappa shape index (κ1) is 12.9. The molecule has 0 aliphatic heterocycles. The van der Waals surface area contributed by atoms with E-state index in [-0.39, 0.29) is 17.7 Å². The van der Waals surface area contributed by atoms with Crippen LogP contribution in [-0.2, 0) is 14.3 Å². The minimum absolute atomic E-state index is 0.140. The van der Waals surface area contributed by atoms with Gasteiger partial charge in [-0.15, -0.1) is 0 Å². The SMILES string of the molecule is COC(=O)/C=C(\CCC(C)=O)C(C)C. The van der Waals surface area contributed by atoms with Gasteiger partial charge in [-0.3, -0.25) is 0 Å². The van der Waals surface area contributed by atoms with Crippen LogP contribution in [0, 0.1) is 5.92 Å². The van der Waals surface area contributed by atoms with Crippen LogP contribution in [0.3, 0.4) is 0 Å². The zero-order valence-electron chi connectivity index (χ0n) is 9.29. The maximum absolute atomic E-state index is 11.0. The normalized spacial score (nSPS) is 11.6. The monoisotopic (exact) mass is 198 g/mol. The second kappa shape index (κ2) is 6.35. The molecule has 0 heterocycles. The predicted molar refractivity (Wildman–Crippen MR) is 54.9 cm³/mol. The van der Waals surface area contributed by atoms with E-state index in [4.69, 9.17) is 0 Å². The standard InChI is InChI=1S/C11H18O3/c1-8(2)10(6-5-9(3)12)7-11(13)14-4/h7-8H,5-6H2,1-4H3/b10-7+. The van der Waals surface area contributed by atoms with Gasteiger partial charge in [-0.05, 0) is 19.3 Å². The molecule has 0 radical (unpaired) electrons. The first-order valence-corrected chi connectivity index (χ1v) is 4.75. The molecular formula is C11H18O3. The van der Waals surface area contributed by atoms with Crippen molar-refractivity contribution in [1.29, 1.82) is 0 Å². The number of ether oxygens (including phenoxy) is 1. The van der Waals surface area contributed by atoms with Crippen LogP contribution in [-0.4, -0.2) is 18.9 Å². The smallest absolute Gasteiger partial charge is 0.330 e. The zero-order chi connectivity index (χ0) is 11.1. The summed E-state index contributed by atoms with van der Waals surface area (Å²) in [6, 6.07) is 0. The molecule has 0 aliphatic rings. The van der Waals surface area contributed by atoms with Gasteiger partial charge in [0.1, 0.15) is 5.78 Å². The molecule has 0 rings (SSSR count). The van der Waals surface area contributed by atoms with Crippen molar-refractivity contribution >= 4 is 11.8 Å². The van der Waals surface area contributed by atoms with Gasteiger partial charge in [0, 0.05) is 12.5 Å². The van der Waals surface area contributed by atoms with Gasteiger partial charge in [0.15, 0.2) is 0 Å². The molecule has 0 aromatic heterocycles. The quantitative estimate of drug-likeness (QED) is 0.502. The molecule has 0 aromatic carbocycles. The number of hydrogen-bond acceptors (Lipinski definition) is 3. The van der Waals surface area contributed by atoms with E-state index in [0.717, 1.165) is 5.57 Å². The van der Waals surface area contributed by atoms with Crippen molar-refractivity contribution in [3.8, 4) is 0 Å². The minimum atomic E-state index is -0.350. The van der Waals surface area contributed by atoms with Crippen LogP contribution in [0.25, 0.3) is 0 Å². The average Bonchev–Trinajstić information content (AvgIpc) is 2.10. The third-order valence-electron chi connectivity index (χ3n) is 2.01. The summed E-state index contributed by atoms with van der Waals surface area (Å²) in [4.78, 5) is 21.8. The molecule has 0 fully saturated rings. The van der Waals surface area contributed by atoms with Gasteiger partial charge in [-0.1, -0.05) is 19.4 Å². The summed E-state index contributed by atoms with van der Waals surface area (Å²) in [6.45, 7) is 5.54. The number of Topliss-reactive ketones (excluding diaryl/α,β-unsaturated/α-hetero) is 1. The second-order valence-corrected chi connectivity index (χ2v) is 3.60. The molecular weight excluding hydrogens is 180 g/mol. The summed E-state index contributed by atoms with van der Waals surface area (Å²) in [6.07, 6.45) is 2.61. The third-order valence-corrected chi connectivity index (χ3v) is 2.01. The number of allylic oxidation sites excluding steroid dienone is 1. The van der Waals surface area contributed by atoms with Gasteiger partial charge in [0.25, 0.3) is 0 Å². The van der Waals surface area contributed by atoms with Crippen LogP contribution in [0.4, 0.5) is 0 Å². The number of rotatable bonds is 5. The van der Waals surface area contributed by atoms with E-state index in [0.29, 0.717) is 12.8 Å². The van der Waals surface area contributed by atoms with Crippen LogP contribution in [0.1, 0.15) is 33.6 Å². The van der Waals surface area contributed by atoms with E-state index < -0.39 is 0 Å². The number of carbonyl (C=O) groups excluding carboxylic acids is 2. The summed E-state index contributed by atoms with van der Waals surface area (Å²) < 4.78 is 4.54. The Morgan fingerprint density at radius 3 is 2.21 bits per heavy atom. The molecule has 0 atom stereocenters. The summed E-state index contributed by atoms with van der Waals surface area (Å²) in [5.74, 6) is 0.0621. The van der Waals surface area contributed by atoms with Gasteiger partial charge < -0.3 is 9.53 Å². The highest BCUT2D eigenvalue weighted by atomic mass is 16.5. The van der Waals surface area contributed by atoms with E-state index in [1.54, 1.807) is 6.92 Å². The summed E-state index contributed by atoms with van der Waals surface area (Å²) in [7, 11) is 1.35. The van der Waals surface area contributed by atoms with Crippen LogP contribution in [0.15, 0.2) is 11.6 Å². The van der Waals surface area contributed by atoms with Gasteiger partial charge in [-0.2, -0.15) is 0 Å². The largest absolute Gasteiger partial charge is 0.466 e. The highest BCUT2D eigenvalue weighted by molar-refractivity contribution is 5.83. The van der Waals surface area contributed by atoms with Gasteiger partial charge in [0.05, 0.1) is 7.11 Å². The Balaban J connectivity index is 4.36. The Morgan fingerprint density at radius 2 is 1.86 bits per heavy atom. The maximum atomic E-state index is 11.0. The predicted octanol–water partition coefficient (Wildman–Crippen LogP) is 2.11. The van der Waals surface area contributed by atoms with Crippen molar-refractivity contribution in [3.05, 3.63) is 11.6 Å². The van der Waals surface area contributed by atoms with Crippen molar-refractivity contribution in [3.63, 3.8) is 0 Å². The molecule has 3 heteroatoms. The molecule has 0 spiro atoms. The van der Waals surface area contributed by atoms with E-state index in [1.165, 1.54) is 13.2 Å². The number of ketones is 1. The lowest BCUT2D eigenvalue weighted by Crippen LogP contribution is -2.03. The first-order chi connectivity index (χ1) is 6.47. The lowest BCUT2D eigenvalue weighted by Gasteiger charge is -2.09. The van der Waals surface area contributed by atoms with Gasteiger partial charge in [0.2, 0.25) is 0 Å². The lowest BCUT2D eigenvalue weighted by atomic mass is 9.97. The second-order valence-electron chi connectivity index (χ2n) is 3.60. The minimum Gasteiger partial charge on any atom is -0.466 e. The molecule has 0 saturated heterocycles. The van der Waals surface area contributed by atoms with Crippen molar-refractivity contribution in [2.24, 2.45) is 5.92 Å². The van der Waals surface area contributed by atoms with E-state index in [1.807, 2.05) is 13.8 Å². The fourth-order valence-electron chi connectivity index (χ4n) is 1.06. The molecule has 0 saturated carbocycles. The highest BCUT2D eigenvalue weighted by Gasteiger charge is 2.07. The number of methoxy groups -OCH3 is 1. The Bertz CT molecular complexity index is 239. The van der Waals surface area contributed by atoms with Gasteiger partial charge in [-0.25, -0.2) is 4.79 Å². The molecule has 0 unspecified atom stereocenters. The van der Waals surface area contributed by atoms with E-state index in [9.17, 15) is 9.59 Å². The third kappa shape index (κ3) is 5.51. The fourth-order valence-corrected chi connectivity index (χ4v) is 1.06. The van der Waals surface area contributed by atoms with Crippen molar-refractivity contribution in [1.82, 2.24) is 0 Å². The van der Waals surface area contributed by atoms with E-state index in [2.05, 4.69) is 4.74 Å². The number of carbonyl (C=O) groups is 2. The van der Waals surface area contributed by atoms with Crippen molar-refractivity contribution in [2.45, 2.75) is 33.6 Å². The zero-order valence-corrected chi connectivity index (χ0v) is 9.29. The molecule has 0 amide bonds. The average molecular weight is 198 g/mol. The van der Waals surface area contributed by atoms with Crippen molar-refractivity contribution < 1.29 is 14.3 Å². The summed E-state index contributed by atoms with van der Waals surface area (Å²) in [5, 5.41) is 0. The first-order valence-electron chi connectivity index (χ1n) is 4.75. The van der Waals surface area contributed by atoms with Crippen molar-refractivity contribution in [2.75, 3.05) is 7.11 Å². The summed E-state index contributed by atoms with van der Waals surface area (Å²) in [5.41, 5.74) is 0.965. The Morgan fingerprint density at radius 1 is 1.29 bits per heavy atom. The molecule has 0 aliphatic carbocycles. The fraction of sp³-hybridized carbons (Fsp3) is 0.636. The highest BCUT2D eigenvalue weighted by Crippen LogP contribution is 2.16. The summed E-state index contributed by atoms with van der Waals surface area (Å²) >= 11 is 0. The van der Waals surface area contributed by atoms with Crippen LogP contribution < -0.4 is 0 Å². The Labute approximate surface area is 85.1 Å². The molecule has 80 valence electrons. The Hall–Kier alpha value is -1.12. The topological polar surface area (TPSA) is 43.4 Å². The maximum Gasteiger partial charge on any atom is 0.330 e. The van der Waals surface area contributed by atoms with Crippen LogP contribution in [0.5, 0.6) is 0 Å². The van der Waals surface area contributed by atoms with Crippen LogP contribution >= 0.6 is 0 Å². The van der Waals surface area contributed by atoms with E-state index >= 15 is 0 Å². The molecule has 3 nitrogen and oxygen atoms in total. The molecule has 0 bridgehead atoms. The molecule has 0 N–H and O–H groups in total. The van der Waals surface area contributed by atoms with Gasteiger partial charge >= 0.3 is 5.97 Å². The number of hydrogen-bond donors (Lipinski definition) is 0. The van der Waals surface area contributed by atoms with Crippen LogP contribution in [0.2, 0.25) is 0 Å². The molecule has 14 heavy (non-hydrogen) atoms.